The van der Waals surface area contributed by atoms with Crippen LogP contribution in [0.1, 0.15) is 10.4 Å². The number of carbonyl (C=O) groups excluding carboxylic acids is 2. The molecule has 7 nitrogen and oxygen atoms in total. The van der Waals surface area contributed by atoms with E-state index in [1.54, 1.807) is 11.1 Å². The van der Waals surface area contributed by atoms with E-state index in [-0.39, 0.29) is 17.3 Å². The number of hydrogen-bond acceptors (Lipinski definition) is 4. The van der Waals surface area contributed by atoms with Crippen molar-refractivity contribution in [3.8, 4) is 0 Å². The highest BCUT2D eigenvalue weighted by Gasteiger charge is 2.22. The molecule has 2 heterocycles. The van der Waals surface area contributed by atoms with Crippen LogP contribution in [0.3, 0.4) is 0 Å². The van der Waals surface area contributed by atoms with E-state index in [4.69, 9.17) is 5.73 Å². The molecule has 25 heavy (non-hydrogen) atoms. The van der Waals surface area contributed by atoms with E-state index in [1.165, 1.54) is 12.1 Å². The van der Waals surface area contributed by atoms with Crippen molar-refractivity contribution in [1.82, 2.24) is 9.88 Å². The van der Waals surface area contributed by atoms with Crippen LogP contribution >= 0.6 is 0 Å². The Morgan fingerprint density at radius 1 is 1.12 bits per heavy atom. The van der Waals surface area contributed by atoms with E-state index in [0.717, 1.165) is 11.9 Å². The number of aromatic nitrogens is 1. The monoisotopic (exact) mass is 343 g/mol. The van der Waals surface area contributed by atoms with Crippen LogP contribution in [-0.2, 0) is 0 Å². The normalized spacial score (nSPS) is 14.3. The van der Waals surface area contributed by atoms with Crippen LogP contribution in [0, 0.1) is 5.82 Å². The molecule has 130 valence electrons. The van der Waals surface area contributed by atoms with Crippen LogP contribution in [-0.4, -0.2) is 48.0 Å². The van der Waals surface area contributed by atoms with Gasteiger partial charge in [0.15, 0.2) is 0 Å². The number of nitrogens with two attached hydrogens (primary N) is 1. The molecule has 1 saturated heterocycles. The lowest BCUT2D eigenvalue weighted by Gasteiger charge is -2.35. The number of piperazine rings is 1. The summed E-state index contributed by atoms with van der Waals surface area (Å²) in [6.07, 6.45) is 1.73. The maximum atomic E-state index is 13.8. The molecule has 1 aromatic heterocycles. The molecule has 3 N–H and O–H groups in total. The third-order valence-electron chi connectivity index (χ3n) is 4.03. The summed E-state index contributed by atoms with van der Waals surface area (Å²) in [5.41, 5.74) is 5.13. The number of halogens is 1. The van der Waals surface area contributed by atoms with Gasteiger partial charge in [-0.25, -0.2) is 14.2 Å². The fourth-order valence-electron chi connectivity index (χ4n) is 2.67. The summed E-state index contributed by atoms with van der Waals surface area (Å²) in [5.74, 6) is -0.724. The average Bonchev–Trinajstić information content (AvgIpc) is 2.62. The lowest BCUT2D eigenvalue weighted by atomic mass is 10.2. The maximum Gasteiger partial charge on any atom is 0.321 e. The first kappa shape index (κ1) is 16.7. The van der Waals surface area contributed by atoms with Crippen molar-refractivity contribution in [3.63, 3.8) is 0 Å². The fraction of sp³-hybridized carbons (Fsp3) is 0.235. The molecule has 0 radical (unpaired) electrons. The highest BCUT2D eigenvalue weighted by atomic mass is 19.1. The third-order valence-corrected chi connectivity index (χ3v) is 4.03. The summed E-state index contributed by atoms with van der Waals surface area (Å²) >= 11 is 0. The molecule has 3 amide bonds. The molecule has 1 aliphatic rings. The first-order valence-electron chi connectivity index (χ1n) is 7.86. The van der Waals surface area contributed by atoms with Gasteiger partial charge in [-0.1, -0.05) is 6.07 Å². The fourth-order valence-corrected chi connectivity index (χ4v) is 2.67. The number of nitrogens with zero attached hydrogens (tertiary/aromatic N) is 3. The van der Waals surface area contributed by atoms with Gasteiger partial charge in [0.1, 0.15) is 11.6 Å². The SMILES string of the molecule is NC(=O)c1ccc(NC(=O)N2CCN(c3ccccn3)CC2)cc1F. The molecule has 0 atom stereocenters. The molecule has 2 aromatic rings. The number of carbonyl (C=O) groups is 2. The lowest BCUT2D eigenvalue weighted by molar-refractivity contribution is 0.0996. The minimum atomic E-state index is -0.846. The minimum Gasteiger partial charge on any atom is -0.366 e. The average molecular weight is 343 g/mol. The van der Waals surface area contributed by atoms with Gasteiger partial charge in [0, 0.05) is 38.1 Å². The molecule has 8 heteroatoms. The number of primary amides is 1. The van der Waals surface area contributed by atoms with Crippen LogP contribution in [0.5, 0.6) is 0 Å². The molecule has 3 rings (SSSR count). The second kappa shape index (κ2) is 7.16. The Labute approximate surface area is 144 Å². The number of amides is 3. The molecular formula is C17H18FN5O2. The van der Waals surface area contributed by atoms with Crippen molar-refractivity contribution >= 4 is 23.4 Å². The molecule has 1 aromatic carbocycles. The largest absolute Gasteiger partial charge is 0.366 e. The summed E-state index contributed by atoms with van der Waals surface area (Å²) in [7, 11) is 0. The van der Waals surface area contributed by atoms with Gasteiger partial charge in [0.25, 0.3) is 5.91 Å². The predicted molar refractivity (Wildman–Crippen MR) is 92.0 cm³/mol. The number of hydrogen-bond donors (Lipinski definition) is 2. The zero-order chi connectivity index (χ0) is 17.8. The van der Waals surface area contributed by atoms with E-state index in [9.17, 15) is 14.0 Å². The van der Waals surface area contributed by atoms with Gasteiger partial charge in [-0.05, 0) is 30.3 Å². The van der Waals surface area contributed by atoms with Gasteiger partial charge < -0.3 is 20.9 Å². The van der Waals surface area contributed by atoms with Crippen LogP contribution < -0.4 is 16.0 Å². The molecule has 0 unspecified atom stereocenters. The topological polar surface area (TPSA) is 91.6 Å². The van der Waals surface area contributed by atoms with Crippen LogP contribution in [0.25, 0.3) is 0 Å². The molecule has 1 fully saturated rings. The number of anilines is 2. The second-order valence-electron chi connectivity index (χ2n) is 5.65. The summed E-state index contributed by atoms with van der Waals surface area (Å²) in [6.45, 7) is 2.40. The molecule has 0 bridgehead atoms. The van der Waals surface area contributed by atoms with Gasteiger partial charge >= 0.3 is 6.03 Å². The van der Waals surface area contributed by atoms with E-state index < -0.39 is 11.7 Å². The Bertz CT molecular complexity index is 776. The van der Waals surface area contributed by atoms with Gasteiger partial charge in [-0.2, -0.15) is 0 Å². The Morgan fingerprint density at radius 2 is 1.88 bits per heavy atom. The van der Waals surface area contributed by atoms with Crippen LogP contribution in [0.15, 0.2) is 42.6 Å². The Balaban J connectivity index is 1.58. The van der Waals surface area contributed by atoms with Crippen molar-refractivity contribution in [1.29, 1.82) is 0 Å². The third kappa shape index (κ3) is 3.85. The van der Waals surface area contributed by atoms with Crippen molar-refractivity contribution in [2.75, 3.05) is 36.4 Å². The minimum absolute atomic E-state index is 0.207. The van der Waals surface area contributed by atoms with E-state index in [0.29, 0.717) is 26.2 Å². The zero-order valence-corrected chi connectivity index (χ0v) is 13.5. The molecule has 1 aliphatic heterocycles. The maximum absolute atomic E-state index is 13.8. The summed E-state index contributed by atoms with van der Waals surface area (Å²) in [4.78, 5) is 31.4. The summed E-state index contributed by atoms with van der Waals surface area (Å²) < 4.78 is 13.8. The predicted octanol–water partition coefficient (Wildman–Crippen LogP) is 1.67. The summed E-state index contributed by atoms with van der Waals surface area (Å²) in [6, 6.07) is 9.19. The lowest BCUT2D eigenvalue weighted by Crippen LogP contribution is -2.50. The van der Waals surface area contributed by atoms with Gasteiger partial charge in [-0.3, -0.25) is 4.79 Å². The molecular weight excluding hydrogens is 325 g/mol. The highest BCUT2D eigenvalue weighted by Crippen LogP contribution is 2.16. The second-order valence-corrected chi connectivity index (χ2v) is 5.65. The number of urea groups is 1. The van der Waals surface area contributed by atoms with E-state index in [2.05, 4.69) is 15.2 Å². The van der Waals surface area contributed by atoms with Crippen LogP contribution in [0.2, 0.25) is 0 Å². The van der Waals surface area contributed by atoms with Gasteiger partial charge in [0.05, 0.1) is 5.56 Å². The first-order chi connectivity index (χ1) is 12.0. The van der Waals surface area contributed by atoms with Crippen molar-refractivity contribution in [2.24, 2.45) is 5.73 Å². The zero-order valence-electron chi connectivity index (χ0n) is 13.5. The standard InChI is InChI=1S/C17H18FN5O2/c18-14-11-12(4-5-13(14)16(19)24)21-17(25)23-9-7-22(8-10-23)15-3-1-2-6-20-15/h1-6,11H,7-10H2,(H2,19,24)(H,21,25). The molecule has 0 saturated carbocycles. The molecule has 0 aliphatic carbocycles. The Kier molecular flexibility index (Phi) is 4.78. The first-order valence-corrected chi connectivity index (χ1v) is 7.86. The number of pyridine rings is 1. The highest BCUT2D eigenvalue weighted by molar-refractivity contribution is 5.94. The Hall–Kier alpha value is -3.16. The number of rotatable bonds is 3. The molecule has 0 spiro atoms. The van der Waals surface area contributed by atoms with Gasteiger partial charge in [0.2, 0.25) is 0 Å². The van der Waals surface area contributed by atoms with Crippen molar-refractivity contribution < 1.29 is 14.0 Å². The van der Waals surface area contributed by atoms with Gasteiger partial charge in [-0.15, -0.1) is 0 Å². The quantitative estimate of drug-likeness (QED) is 0.887. The van der Waals surface area contributed by atoms with Crippen molar-refractivity contribution in [2.45, 2.75) is 0 Å². The van der Waals surface area contributed by atoms with E-state index in [1.807, 2.05) is 18.2 Å². The number of nitrogens with one attached hydrogen (secondary N) is 1. The smallest absolute Gasteiger partial charge is 0.321 e. The summed E-state index contributed by atoms with van der Waals surface area (Å²) in [5, 5.41) is 2.63. The van der Waals surface area contributed by atoms with Crippen LogP contribution in [0.4, 0.5) is 20.7 Å². The van der Waals surface area contributed by atoms with Crippen molar-refractivity contribution in [3.05, 3.63) is 54.0 Å². The van der Waals surface area contributed by atoms with E-state index >= 15 is 0 Å². The Morgan fingerprint density at radius 3 is 2.48 bits per heavy atom. The number of benzene rings is 1.